The Morgan fingerprint density at radius 3 is 3.00 bits per heavy atom. The number of aromatic amines is 1. The lowest BCUT2D eigenvalue weighted by Gasteiger charge is -2.03. The Balaban J connectivity index is 2.03. The van der Waals surface area contributed by atoms with Gasteiger partial charge in [0.2, 0.25) is 0 Å². The quantitative estimate of drug-likeness (QED) is 0.591. The summed E-state index contributed by atoms with van der Waals surface area (Å²) in [4.78, 5) is 29.2. The molecule has 98 valence electrons. The molecule has 3 aromatic heterocycles. The first-order valence-corrected chi connectivity index (χ1v) is 6.65. The fourth-order valence-electron chi connectivity index (χ4n) is 1.68. The summed E-state index contributed by atoms with van der Waals surface area (Å²) >= 11 is 0. The maximum absolute atomic E-state index is 10.7. The van der Waals surface area contributed by atoms with Gasteiger partial charge >= 0.3 is 7.82 Å². The molecule has 10 heteroatoms. The second-order valence-electron chi connectivity index (χ2n) is 3.67. The number of nitrogens with one attached hydrogen (secondary N) is 1. The van der Waals surface area contributed by atoms with Crippen molar-refractivity contribution in [3.05, 3.63) is 31.0 Å². The monoisotopic (exact) mass is 281 g/mol. The van der Waals surface area contributed by atoms with Crippen molar-refractivity contribution < 1.29 is 19.0 Å². The highest BCUT2D eigenvalue weighted by molar-refractivity contribution is 7.46. The van der Waals surface area contributed by atoms with E-state index >= 15 is 0 Å². The highest BCUT2D eigenvalue weighted by Crippen LogP contribution is 2.32. The maximum atomic E-state index is 10.7. The highest BCUT2D eigenvalue weighted by atomic mass is 31.2. The molecule has 0 saturated carbocycles. The Bertz CT molecular complexity index is 776. The van der Waals surface area contributed by atoms with Crippen molar-refractivity contribution in [3.8, 4) is 11.3 Å². The third-order valence-electron chi connectivity index (χ3n) is 2.38. The largest absolute Gasteiger partial charge is 0.545 e. The number of nitrogens with zero attached hydrogens (tertiary/aromatic N) is 4. The van der Waals surface area contributed by atoms with E-state index in [9.17, 15) is 4.57 Å². The van der Waals surface area contributed by atoms with E-state index in [1.807, 2.05) is 0 Å². The molecule has 0 saturated heterocycles. The molecule has 0 aliphatic carbocycles. The standard InChI is InChI=1S/C9H8N5O4P/c15-19(16,17)18-14-4-6(3-13-14)8-7-1-2-10-9(7)12-5-11-8/h1-5H,(H,10,11,12)(H2,15,16,17). The lowest BCUT2D eigenvalue weighted by molar-refractivity contribution is 0.155. The zero-order chi connectivity index (χ0) is 13.5. The maximum Gasteiger partial charge on any atom is 0.545 e. The molecular weight excluding hydrogens is 273 g/mol. The average molecular weight is 281 g/mol. The minimum atomic E-state index is -4.64. The molecule has 0 amide bonds. The normalized spacial score (nSPS) is 11.9. The lowest BCUT2D eigenvalue weighted by atomic mass is 10.2. The van der Waals surface area contributed by atoms with Crippen molar-refractivity contribution in [1.82, 2.24) is 24.9 Å². The molecule has 3 heterocycles. The van der Waals surface area contributed by atoms with Crippen molar-refractivity contribution >= 4 is 18.9 Å². The lowest BCUT2D eigenvalue weighted by Crippen LogP contribution is -2.08. The summed E-state index contributed by atoms with van der Waals surface area (Å²) in [7, 11) is -4.64. The fourth-order valence-corrected chi connectivity index (χ4v) is 1.99. The van der Waals surface area contributed by atoms with Gasteiger partial charge in [-0.3, -0.25) is 14.4 Å². The Hall–Kier alpha value is -2.22. The highest BCUT2D eigenvalue weighted by Gasteiger charge is 2.18. The van der Waals surface area contributed by atoms with Crippen molar-refractivity contribution in [3.63, 3.8) is 0 Å². The van der Waals surface area contributed by atoms with E-state index in [1.54, 1.807) is 12.3 Å². The number of H-pyrrole nitrogens is 1. The number of fused-ring (bicyclic) bond motifs is 1. The molecule has 3 aromatic rings. The molecule has 0 fully saturated rings. The van der Waals surface area contributed by atoms with Crippen LogP contribution in [-0.4, -0.2) is 34.7 Å². The van der Waals surface area contributed by atoms with Crippen molar-refractivity contribution in [1.29, 1.82) is 0 Å². The molecule has 0 aromatic carbocycles. The second-order valence-corrected chi connectivity index (χ2v) is 4.81. The van der Waals surface area contributed by atoms with E-state index in [0.717, 1.165) is 5.39 Å². The van der Waals surface area contributed by atoms with E-state index in [-0.39, 0.29) is 0 Å². The van der Waals surface area contributed by atoms with Crippen LogP contribution in [-0.2, 0) is 4.57 Å². The average Bonchev–Trinajstić information content (AvgIpc) is 2.94. The second kappa shape index (κ2) is 4.16. The third-order valence-corrected chi connectivity index (χ3v) is 2.76. The SMILES string of the molecule is O=P(O)(O)On1cc(-c2ncnc3[nH]ccc23)cn1. The first kappa shape index (κ1) is 11.8. The summed E-state index contributed by atoms with van der Waals surface area (Å²) in [5, 5.41) is 4.48. The summed E-state index contributed by atoms with van der Waals surface area (Å²) in [5.74, 6) is 0. The van der Waals surface area contributed by atoms with Crippen LogP contribution < -0.4 is 4.62 Å². The predicted octanol–water partition coefficient (Wildman–Crippen LogP) is 0.343. The van der Waals surface area contributed by atoms with Crippen LogP contribution in [0.2, 0.25) is 0 Å². The molecule has 0 atom stereocenters. The zero-order valence-corrected chi connectivity index (χ0v) is 10.2. The topological polar surface area (TPSA) is 126 Å². The molecule has 0 radical (unpaired) electrons. The van der Waals surface area contributed by atoms with Crippen LogP contribution in [0.4, 0.5) is 0 Å². The molecule has 3 rings (SSSR count). The van der Waals surface area contributed by atoms with Gasteiger partial charge < -0.3 is 4.98 Å². The van der Waals surface area contributed by atoms with Crippen LogP contribution in [0.25, 0.3) is 22.3 Å². The van der Waals surface area contributed by atoms with Gasteiger partial charge in [0.1, 0.15) is 12.0 Å². The number of phosphoric acid groups is 1. The minimum Gasteiger partial charge on any atom is -0.346 e. The van der Waals surface area contributed by atoms with Crippen molar-refractivity contribution in [2.24, 2.45) is 0 Å². The Morgan fingerprint density at radius 1 is 1.37 bits per heavy atom. The number of aromatic nitrogens is 5. The minimum absolute atomic E-state index is 0.556. The fraction of sp³-hybridized carbons (Fsp3) is 0. The molecule has 0 aliphatic heterocycles. The van der Waals surface area contributed by atoms with Crippen molar-refractivity contribution in [2.45, 2.75) is 0 Å². The van der Waals surface area contributed by atoms with Crippen LogP contribution in [0.5, 0.6) is 0 Å². The predicted molar refractivity (Wildman–Crippen MR) is 63.7 cm³/mol. The molecule has 3 N–H and O–H groups in total. The molecule has 0 unspecified atom stereocenters. The summed E-state index contributed by atoms with van der Waals surface area (Å²) in [6.45, 7) is 0. The van der Waals surface area contributed by atoms with Gasteiger partial charge in [-0.2, -0.15) is 0 Å². The first-order valence-electron chi connectivity index (χ1n) is 5.12. The van der Waals surface area contributed by atoms with Gasteiger partial charge in [0.15, 0.2) is 0 Å². The number of hydrogen-bond donors (Lipinski definition) is 3. The van der Waals surface area contributed by atoms with Crippen molar-refractivity contribution in [2.75, 3.05) is 0 Å². The van der Waals surface area contributed by atoms with E-state index in [1.165, 1.54) is 18.7 Å². The van der Waals surface area contributed by atoms with Gasteiger partial charge in [0.25, 0.3) is 0 Å². The molecule has 0 aliphatic rings. The zero-order valence-electron chi connectivity index (χ0n) is 9.33. The van der Waals surface area contributed by atoms with Gasteiger partial charge in [-0.05, 0) is 6.07 Å². The molecule has 0 spiro atoms. The van der Waals surface area contributed by atoms with Gasteiger partial charge in [-0.25, -0.2) is 14.5 Å². The summed E-state index contributed by atoms with van der Waals surface area (Å²) < 4.78 is 15.0. The van der Waals surface area contributed by atoms with Crippen LogP contribution in [0, 0.1) is 0 Å². The molecule has 9 nitrogen and oxygen atoms in total. The third kappa shape index (κ3) is 2.34. The van der Waals surface area contributed by atoms with Gasteiger partial charge in [-0.15, -0.1) is 5.10 Å². The van der Waals surface area contributed by atoms with Crippen LogP contribution >= 0.6 is 7.82 Å². The first-order chi connectivity index (χ1) is 9.03. The van der Waals surface area contributed by atoms with Gasteiger partial charge in [-0.1, -0.05) is 4.85 Å². The van der Waals surface area contributed by atoms with Crippen LogP contribution in [0.1, 0.15) is 0 Å². The van der Waals surface area contributed by atoms with Gasteiger partial charge in [0.05, 0.1) is 18.1 Å². The summed E-state index contributed by atoms with van der Waals surface area (Å²) in [6.07, 6.45) is 5.83. The Morgan fingerprint density at radius 2 is 2.21 bits per heavy atom. The number of rotatable bonds is 3. The summed E-state index contributed by atoms with van der Waals surface area (Å²) in [6, 6.07) is 1.80. The smallest absolute Gasteiger partial charge is 0.346 e. The Kier molecular flexibility index (Phi) is 2.59. The van der Waals surface area contributed by atoms with Crippen LogP contribution in [0.3, 0.4) is 0 Å². The van der Waals surface area contributed by atoms with E-state index in [4.69, 9.17) is 9.79 Å². The van der Waals surface area contributed by atoms with E-state index in [0.29, 0.717) is 21.7 Å². The summed E-state index contributed by atoms with van der Waals surface area (Å²) in [5.41, 5.74) is 1.81. The molecular formula is C9H8N5O4P. The van der Waals surface area contributed by atoms with Gasteiger partial charge in [0, 0.05) is 17.1 Å². The van der Waals surface area contributed by atoms with E-state index < -0.39 is 7.82 Å². The number of hydrogen-bond acceptors (Lipinski definition) is 5. The molecule has 0 bridgehead atoms. The van der Waals surface area contributed by atoms with E-state index in [2.05, 4.69) is 24.7 Å². The van der Waals surface area contributed by atoms with Crippen LogP contribution in [0.15, 0.2) is 31.0 Å². The molecule has 19 heavy (non-hydrogen) atoms. The Labute approximate surface area is 106 Å².